The molecule has 0 aliphatic rings. The highest BCUT2D eigenvalue weighted by molar-refractivity contribution is 7.89. The second kappa shape index (κ2) is 39.2. The average molecular weight is 1380 g/mol. The summed E-state index contributed by atoms with van der Waals surface area (Å²) in [5.41, 5.74) is 9.57. The van der Waals surface area contributed by atoms with Crippen LogP contribution in [0.25, 0.3) is 10.9 Å². The number of primary amides is 1. The molecule has 26 heteroatoms. The van der Waals surface area contributed by atoms with Crippen LogP contribution in [0.15, 0.2) is 108 Å². The maximum atomic E-state index is 14.7. The lowest BCUT2D eigenvalue weighted by molar-refractivity contribution is -0.140. The number of carboxylic acids is 3. The number of H-pyrrole nitrogens is 1. The fourth-order valence-corrected chi connectivity index (χ4v) is 12.6. The van der Waals surface area contributed by atoms with Gasteiger partial charge in [-0.1, -0.05) is 102 Å². The van der Waals surface area contributed by atoms with Crippen molar-refractivity contribution in [2.45, 2.75) is 179 Å². The number of rotatable bonds is 46. The number of carbonyl (C=O) groups excluding carboxylic acids is 9. The molecule has 1 heterocycles. The smallest absolute Gasteiger partial charge is 0.305 e. The third-order valence-corrected chi connectivity index (χ3v) is 18.4. The van der Waals surface area contributed by atoms with Crippen molar-refractivity contribution in [1.29, 1.82) is 0 Å². The van der Waals surface area contributed by atoms with Crippen LogP contribution in [0.5, 0.6) is 0 Å². The van der Waals surface area contributed by atoms with Crippen molar-refractivity contribution in [2.24, 2.45) is 29.4 Å². The summed E-state index contributed by atoms with van der Waals surface area (Å²) in [6, 6.07) is 22.0. The third-order valence-electron chi connectivity index (χ3n) is 17.0. The standard InChI is InChI=1S/C72H92FN7O17S/c1-5-14-45-21-29-57(30-22-45)98(96,97)80-61(42-66(89)90)63(84)41-50(26-32-65(87)88)70(94)78-44-56(82)38-51(35-46-15-13-17-54(73)36-46)71(95)79-60(39-52-43-77-59-20-9-8-19-58(52)59)62(83)40-49(25-31-64(85)86)69(93)76-33-11-6-7-18-55(81)37-48(67(74)91)16-10-12-34-75-68(92)47-23-27-53(28-24-47)72(2,3)4/h8-9,13,15,17,19-24,27-30,36,43,48-51,60-61,77,80H,5-7,10-12,14,16,18,25-26,31-35,37-42,44H2,1-4H3,(H2,74,91)(H,75,92)(H,76,93)(H,78,94)(H,79,95)(H,85,86)(H,87,88)(H,89,90)/t48-,49-,50-,51-,60+,61-/m1/s1. The number of aryl methyl sites for hydroxylation is 1. The SMILES string of the molecule is CCCc1ccc(S(=O)(=O)N[C@H](CC(=O)O)C(=O)C[C@@H](CCC(=O)O)C(=O)NCC(=O)C[C@@H](Cc2cccc(F)c2)C(=O)N[C@@H](Cc2c[nH]c3ccccc23)C(=O)C[C@@H](CCC(=O)O)C(=O)NCCCCCC(=O)C[C@@H](CCCCNC(=O)c2ccc(C(C)(C)C)cc2)C(N)=O)cc1. The summed E-state index contributed by atoms with van der Waals surface area (Å²) in [4.78, 5) is 161. The van der Waals surface area contributed by atoms with Gasteiger partial charge in [-0.05, 0) is 121 Å². The van der Waals surface area contributed by atoms with Crippen LogP contribution < -0.4 is 31.7 Å². The highest BCUT2D eigenvalue weighted by atomic mass is 32.2. The second-order valence-corrected chi connectivity index (χ2v) is 27.6. The van der Waals surface area contributed by atoms with Crippen LogP contribution in [-0.4, -0.2) is 131 Å². The Balaban J connectivity index is 1.23. The van der Waals surface area contributed by atoms with Gasteiger partial charge in [-0.3, -0.25) is 57.5 Å². The van der Waals surface area contributed by atoms with Crippen molar-refractivity contribution in [1.82, 2.24) is 31.0 Å². The summed E-state index contributed by atoms with van der Waals surface area (Å²) in [6.07, 6.45) is 0.389. The quantitative estimate of drug-likeness (QED) is 0.0168. The monoisotopic (exact) mass is 1380 g/mol. The molecule has 530 valence electrons. The number of para-hydroxylation sites is 1. The zero-order chi connectivity index (χ0) is 72.1. The zero-order valence-corrected chi connectivity index (χ0v) is 56.8. The van der Waals surface area contributed by atoms with Crippen molar-refractivity contribution in [2.75, 3.05) is 19.6 Å². The van der Waals surface area contributed by atoms with Gasteiger partial charge in [0.15, 0.2) is 17.3 Å². The van der Waals surface area contributed by atoms with Gasteiger partial charge in [0, 0.05) is 111 Å². The zero-order valence-electron chi connectivity index (χ0n) is 56.0. The molecule has 5 aromatic rings. The first-order valence-electron chi connectivity index (χ1n) is 33.1. The van der Waals surface area contributed by atoms with Gasteiger partial charge >= 0.3 is 17.9 Å². The Kier molecular flexibility index (Phi) is 31.7. The Morgan fingerprint density at radius 1 is 0.571 bits per heavy atom. The van der Waals surface area contributed by atoms with Crippen LogP contribution >= 0.6 is 0 Å². The lowest BCUT2D eigenvalue weighted by atomic mass is 9.87. The van der Waals surface area contributed by atoms with Crippen LogP contribution in [0.3, 0.4) is 0 Å². The number of ketones is 4. The van der Waals surface area contributed by atoms with Crippen molar-refractivity contribution in [3.8, 4) is 0 Å². The van der Waals surface area contributed by atoms with E-state index in [-0.39, 0.29) is 66.2 Å². The normalized spacial score (nSPS) is 13.4. The molecule has 24 nitrogen and oxygen atoms in total. The lowest BCUT2D eigenvalue weighted by Gasteiger charge is -2.24. The van der Waals surface area contributed by atoms with Crippen molar-refractivity contribution in [3.63, 3.8) is 0 Å². The molecule has 0 saturated carbocycles. The molecule has 0 aliphatic carbocycles. The van der Waals surface area contributed by atoms with E-state index in [2.05, 4.69) is 51.7 Å². The maximum absolute atomic E-state index is 14.7. The number of hydrogen-bond acceptors (Lipinski definition) is 14. The largest absolute Gasteiger partial charge is 0.481 e. The van der Waals surface area contributed by atoms with E-state index in [1.807, 2.05) is 19.1 Å². The molecule has 11 N–H and O–H groups in total. The number of Topliss-reactive ketones (excluding diaryl/α,β-unsaturated/α-hetero) is 4. The topological polar surface area (TPSA) is 402 Å². The number of unbranched alkanes of at least 4 members (excludes halogenated alkanes) is 3. The number of sulfonamides is 1. The minimum Gasteiger partial charge on any atom is -0.481 e. The predicted octanol–water partition coefficient (Wildman–Crippen LogP) is 7.56. The second-order valence-electron chi connectivity index (χ2n) is 25.9. The minimum absolute atomic E-state index is 0.0494. The molecule has 0 fully saturated rings. The van der Waals surface area contributed by atoms with Gasteiger partial charge in [0.25, 0.3) is 5.91 Å². The van der Waals surface area contributed by atoms with E-state index in [1.165, 1.54) is 24.3 Å². The molecule has 6 atom stereocenters. The van der Waals surface area contributed by atoms with Gasteiger partial charge in [-0.25, -0.2) is 17.5 Å². The van der Waals surface area contributed by atoms with E-state index in [1.54, 1.807) is 54.7 Å². The summed E-state index contributed by atoms with van der Waals surface area (Å²) in [5.74, 6) is -15.8. The molecule has 98 heavy (non-hydrogen) atoms. The third kappa shape index (κ3) is 27.3. The molecule has 0 radical (unpaired) electrons. The Morgan fingerprint density at radius 3 is 1.80 bits per heavy atom. The van der Waals surface area contributed by atoms with Gasteiger partial charge < -0.3 is 47.3 Å². The maximum Gasteiger partial charge on any atom is 0.305 e. The molecular formula is C72H92FN7O17S. The van der Waals surface area contributed by atoms with Crippen LogP contribution in [0.2, 0.25) is 0 Å². The highest BCUT2D eigenvalue weighted by Crippen LogP contribution is 2.26. The summed E-state index contributed by atoms with van der Waals surface area (Å²) >= 11 is 0. The molecule has 0 saturated heterocycles. The number of fused-ring (bicyclic) bond motifs is 1. The fraction of sp³-hybridized carbons (Fsp3) is 0.472. The summed E-state index contributed by atoms with van der Waals surface area (Å²) in [7, 11) is -4.50. The molecule has 0 unspecified atom stereocenters. The number of nitrogens with two attached hydrogens (primary N) is 1. The number of benzene rings is 4. The van der Waals surface area contributed by atoms with Gasteiger partial charge in [-0.2, -0.15) is 0 Å². The molecule has 0 bridgehead atoms. The van der Waals surface area contributed by atoms with Gasteiger partial charge in [0.1, 0.15) is 11.6 Å². The minimum atomic E-state index is -4.50. The first kappa shape index (κ1) is 79.4. The first-order valence-corrected chi connectivity index (χ1v) is 34.6. The predicted molar refractivity (Wildman–Crippen MR) is 362 cm³/mol. The number of carbonyl (C=O) groups is 12. The summed E-state index contributed by atoms with van der Waals surface area (Å²) < 4.78 is 43.6. The highest BCUT2D eigenvalue weighted by Gasteiger charge is 2.35. The number of nitrogens with one attached hydrogen (secondary N) is 6. The molecule has 5 amide bonds. The van der Waals surface area contributed by atoms with E-state index in [0.717, 1.165) is 29.7 Å². The Morgan fingerprint density at radius 2 is 1.18 bits per heavy atom. The molecular weight excluding hydrogens is 1290 g/mol. The Bertz CT molecular complexity index is 3720. The first-order chi connectivity index (χ1) is 46.4. The van der Waals surface area contributed by atoms with Crippen molar-refractivity contribution < 1.29 is 85.7 Å². The summed E-state index contributed by atoms with van der Waals surface area (Å²) in [6.45, 7) is 7.83. The number of halogens is 1. The number of hydrogen-bond donors (Lipinski definition) is 10. The Hall–Kier alpha value is -9.30. The molecule has 0 spiro atoms. The van der Waals surface area contributed by atoms with Crippen LogP contribution in [-0.2, 0) is 87.4 Å². The van der Waals surface area contributed by atoms with Gasteiger partial charge in [-0.15, -0.1) is 0 Å². The van der Waals surface area contributed by atoms with E-state index in [9.17, 15) is 85.7 Å². The van der Waals surface area contributed by atoms with Crippen molar-refractivity contribution in [3.05, 3.63) is 137 Å². The van der Waals surface area contributed by atoms with Crippen LogP contribution in [0, 0.1) is 29.5 Å². The average Bonchev–Trinajstić information content (AvgIpc) is 1.55. The molecule has 4 aromatic carbocycles. The van der Waals surface area contributed by atoms with E-state index in [4.69, 9.17) is 5.73 Å². The number of amides is 5. The van der Waals surface area contributed by atoms with Crippen molar-refractivity contribution >= 4 is 91.5 Å². The van der Waals surface area contributed by atoms with Crippen LogP contribution in [0.4, 0.5) is 4.39 Å². The number of aromatic nitrogens is 1. The van der Waals surface area contributed by atoms with E-state index in [0.29, 0.717) is 73.5 Å². The number of carboxylic acid groups (broad SMARTS) is 3. The number of aliphatic carboxylic acids is 3. The fourth-order valence-electron chi connectivity index (χ4n) is 11.4. The van der Waals surface area contributed by atoms with Gasteiger partial charge in [0.05, 0.1) is 29.9 Å². The molecule has 0 aliphatic heterocycles. The lowest BCUT2D eigenvalue weighted by Crippen LogP contribution is -2.47. The van der Waals surface area contributed by atoms with E-state index >= 15 is 0 Å². The molecule has 1 aromatic heterocycles. The molecule has 5 rings (SSSR count). The Labute approximate surface area is 570 Å². The number of aromatic amines is 1. The van der Waals surface area contributed by atoms with Gasteiger partial charge in [0.2, 0.25) is 33.7 Å². The van der Waals surface area contributed by atoms with Crippen LogP contribution in [0.1, 0.15) is 169 Å². The summed E-state index contributed by atoms with van der Waals surface area (Å²) in [5, 5.41) is 40.4. The van der Waals surface area contributed by atoms with E-state index < -0.39 is 162 Å².